The fourth-order valence-corrected chi connectivity index (χ4v) is 2.82. The molecule has 2 aromatic rings. The van der Waals surface area contributed by atoms with Crippen LogP contribution in [0, 0.1) is 20.8 Å². The molecule has 20 heavy (non-hydrogen) atoms. The van der Waals surface area contributed by atoms with Gasteiger partial charge in [-0.15, -0.1) is 0 Å². The molecule has 0 unspecified atom stereocenters. The van der Waals surface area contributed by atoms with E-state index in [9.17, 15) is 0 Å². The molecule has 4 nitrogen and oxygen atoms in total. The minimum absolute atomic E-state index is 0.460. The number of aryl methyl sites for hydroxylation is 3. The lowest BCUT2D eigenvalue weighted by atomic mass is 10.1. The van der Waals surface area contributed by atoms with Gasteiger partial charge in [-0.1, -0.05) is 21.1 Å². The summed E-state index contributed by atoms with van der Waals surface area (Å²) in [5, 5.41) is 3.94. The smallest absolute Gasteiger partial charge is 0.140 e. The van der Waals surface area contributed by atoms with E-state index in [1.807, 2.05) is 26.8 Å². The van der Waals surface area contributed by atoms with E-state index in [1.165, 1.54) is 0 Å². The SMILES string of the molecule is Cc1cc(Br)cc(CCN)c1OCc1c(C)noc1C. The van der Waals surface area contributed by atoms with E-state index in [0.717, 1.165) is 44.8 Å². The minimum Gasteiger partial charge on any atom is -0.488 e. The summed E-state index contributed by atoms with van der Waals surface area (Å²) >= 11 is 3.51. The minimum atomic E-state index is 0.460. The maximum Gasteiger partial charge on any atom is 0.140 e. The lowest BCUT2D eigenvalue weighted by Gasteiger charge is -2.14. The highest BCUT2D eigenvalue weighted by molar-refractivity contribution is 9.10. The van der Waals surface area contributed by atoms with E-state index in [1.54, 1.807) is 0 Å². The van der Waals surface area contributed by atoms with E-state index in [0.29, 0.717) is 13.2 Å². The van der Waals surface area contributed by atoms with Crippen molar-refractivity contribution in [1.29, 1.82) is 0 Å². The molecule has 5 heteroatoms. The largest absolute Gasteiger partial charge is 0.488 e. The molecule has 0 amide bonds. The van der Waals surface area contributed by atoms with Crippen LogP contribution >= 0.6 is 15.9 Å². The van der Waals surface area contributed by atoms with Crippen molar-refractivity contribution in [2.24, 2.45) is 5.73 Å². The second kappa shape index (κ2) is 6.41. The van der Waals surface area contributed by atoms with Crippen LogP contribution in [0.4, 0.5) is 0 Å². The second-order valence-corrected chi connectivity index (χ2v) is 5.76. The standard InChI is InChI=1S/C15H19BrN2O2/c1-9-6-13(16)7-12(4-5-17)15(9)19-8-14-10(2)18-20-11(14)3/h6-7H,4-5,8,17H2,1-3H3. The van der Waals surface area contributed by atoms with Crippen molar-refractivity contribution in [2.45, 2.75) is 33.8 Å². The van der Waals surface area contributed by atoms with Gasteiger partial charge in [0, 0.05) is 4.47 Å². The Kier molecular flexibility index (Phi) is 4.83. The second-order valence-electron chi connectivity index (χ2n) is 4.84. The molecule has 0 fully saturated rings. The number of nitrogens with zero attached hydrogens (tertiary/aromatic N) is 1. The van der Waals surface area contributed by atoms with Crippen molar-refractivity contribution < 1.29 is 9.26 Å². The number of halogens is 1. The number of benzene rings is 1. The first-order valence-corrected chi connectivity index (χ1v) is 7.36. The molecule has 2 N–H and O–H groups in total. The Labute approximate surface area is 127 Å². The number of hydrogen-bond donors (Lipinski definition) is 1. The van der Waals surface area contributed by atoms with Gasteiger partial charge in [0.05, 0.1) is 11.3 Å². The predicted octanol–water partition coefficient (Wildman–Crippen LogP) is 3.44. The van der Waals surface area contributed by atoms with Gasteiger partial charge < -0.3 is 15.0 Å². The van der Waals surface area contributed by atoms with Crippen molar-refractivity contribution in [3.05, 3.63) is 44.7 Å². The molecule has 0 aliphatic rings. The van der Waals surface area contributed by atoms with Gasteiger partial charge >= 0.3 is 0 Å². The average molecular weight is 339 g/mol. The zero-order chi connectivity index (χ0) is 14.7. The topological polar surface area (TPSA) is 61.3 Å². The molecular formula is C15H19BrN2O2. The Morgan fingerprint density at radius 2 is 2.05 bits per heavy atom. The molecule has 0 radical (unpaired) electrons. The zero-order valence-electron chi connectivity index (χ0n) is 12.0. The first kappa shape index (κ1) is 15.1. The molecule has 1 heterocycles. The number of hydrogen-bond acceptors (Lipinski definition) is 4. The van der Waals surface area contributed by atoms with Crippen molar-refractivity contribution in [1.82, 2.24) is 5.16 Å². The number of nitrogens with two attached hydrogens (primary N) is 1. The summed E-state index contributed by atoms with van der Waals surface area (Å²) < 4.78 is 12.2. The third-order valence-corrected chi connectivity index (χ3v) is 3.73. The molecule has 0 spiro atoms. The Morgan fingerprint density at radius 1 is 1.30 bits per heavy atom. The van der Waals surface area contributed by atoms with Crippen LogP contribution in [0.2, 0.25) is 0 Å². The van der Waals surface area contributed by atoms with E-state index in [2.05, 4.69) is 27.2 Å². The van der Waals surface area contributed by atoms with Gasteiger partial charge in [0.1, 0.15) is 18.1 Å². The Morgan fingerprint density at radius 3 is 2.65 bits per heavy atom. The Balaban J connectivity index is 2.25. The van der Waals surface area contributed by atoms with Crippen LogP contribution in [0.1, 0.15) is 28.1 Å². The molecule has 2 rings (SSSR count). The van der Waals surface area contributed by atoms with E-state index in [4.69, 9.17) is 15.0 Å². The molecule has 0 saturated carbocycles. The highest BCUT2D eigenvalue weighted by Crippen LogP contribution is 2.29. The van der Waals surface area contributed by atoms with Crippen LogP contribution in [0.5, 0.6) is 5.75 Å². The molecular weight excluding hydrogens is 320 g/mol. The number of rotatable bonds is 5. The van der Waals surface area contributed by atoms with Gasteiger partial charge in [-0.25, -0.2) is 0 Å². The summed E-state index contributed by atoms with van der Waals surface area (Å²) in [7, 11) is 0. The molecule has 1 aromatic carbocycles. The quantitative estimate of drug-likeness (QED) is 0.906. The van der Waals surface area contributed by atoms with Crippen LogP contribution < -0.4 is 10.5 Å². The summed E-state index contributed by atoms with van der Waals surface area (Å²) in [5.41, 5.74) is 9.76. The monoisotopic (exact) mass is 338 g/mol. The third-order valence-electron chi connectivity index (χ3n) is 3.27. The van der Waals surface area contributed by atoms with Gasteiger partial charge in [-0.2, -0.15) is 0 Å². The van der Waals surface area contributed by atoms with Gasteiger partial charge in [0.2, 0.25) is 0 Å². The van der Waals surface area contributed by atoms with Gasteiger partial charge in [-0.3, -0.25) is 0 Å². The maximum atomic E-state index is 6.01. The van der Waals surface area contributed by atoms with Crippen LogP contribution in [0.25, 0.3) is 0 Å². The molecule has 0 aliphatic carbocycles. The van der Waals surface area contributed by atoms with Gasteiger partial charge in [-0.05, 0) is 57.0 Å². The van der Waals surface area contributed by atoms with E-state index >= 15 is 0 Å². The number of ether oxygens (including phenoxy) is 1. The van der Waals surface area contributed by atoms with Crippen molar-refractivity contribution in [3.8, 4) is 5.75 Å². The first-order valence-electron chi connectivity index (χ1n) is 6.56. The average Bonchev–Trinajstić information content (AvgIpc) is 2.69. The van der Waals surface area contributed by atoms with Gasteiger partial charge in [0.15, 0.2) is 0 Å². The Bertz CT molecular complexity index is 589. The number of aromatic nitrogens is 1. The molecule has 0 aliphatic heterocycles. The summed E-state index contributed by atoms with van der Waals surface area (Å²) in [6.45, 7) is 6.91. The fourth-order valence-electron chi connectivity index (χ4n) is 2.20. The van der Waals surface area contributed by atoms with E-state index in [-0.39, 0.29) is 0 Å². The van der Waals surface area contributed by atoms with Crippen LogP contribution in [-0.2, 0) is 13.0 Å². The van der Waals surface area contributed by atoms with Crippen molar-refractivity contribution >= 4 is 15.9 Å². The molecule has 0 saturated heterocycles. The predicted molar refractivity (Wildman–Crippen MR) is 81.9 cm³/mol. The molecule has 0 atom stereocenters. The highest BCUT2D eigenvalue weighted by atomic mass is 79.9. The zero-order valence-corrected chi connectivity index (χ0v) is 13.6. The van der Waals surface area contributed by atoms with Crippen LogP contribution in [0.3, 0.4) is 0 Å². The lowest BCUT2D eigenvalue weighted by Crippen LogP contribution is -2.07. The third kappa shape index (κ3) is 3.22. The summed E-state index contributed by atoms with van der Waals surface area (Å²) in [4.78, 5) is 0. The fraction of sp³-hybridized carbons (Fsp3) is 0.400. The van der Waals surface area contributed by atoms with Crippen LogP contribution in [0.15, 0.2) is 21.1 Å². The highest BCUT2D eigenvalue weighted by Gasteiger charge is 2.13. The lowest BCUT2D eigenvalue weighted by molar-refractivity contribution is 0.296. The van der Waals surface area contributed by atoms with Crippen LogP contribution in [-0.4, -0.2) is 11.7 Å². The summed E-state index contributed by atoms with van der Waals surface area (Å²) in [6, 6.07) is 4.10. The van der Waals surface area contributed by atoms with Gasteiger partial charge in [0.25, 0.3) is 0 Å². The summed E-state index contributed by atoms with van der Waals surface area (Å²) in [5.74, 6) is 1.70. The molecule has 1 aromatic heterocycles. The first-order chi connectivity index (χ1) is 9.52. The molecule has 0 bridgehead atoms. The normalized spacial score (nSPS) is 10.8. The molecule has 108 valence electrons. The Hall–Kier alpha value is -1.33. The summed E-state index contributed by atoms with van der Waals surface area (Å²) in [6.07, 6.45) is 0.789. The van der Waals surface area contributed by atoms with E-state index < -0.39 is 0 Å². The van der Waals surface area contributed by atoms with Crippen molar-refractivity contribution in [2.75, 3.05) is 6.54 Å². The van der Waals surface area contributed by atoms with Crippen molar-refractivity contribution in [3.63, 3.8) is 0 Å². The maximum absolute atomic E-state index is 6.01.